The lowest BCUT2D eigenvalue weighted by molar-refractivity contribution is -0.140. The van der Waals surface area contributed by atoms with Crippen molar-refractivity contribution in [2.75, 3.05) is 19.1 Å². The molecule has 0 spiro atoms. The Hall–Kier alpha value is -1.89. The van der Waals surface area contributed by atoms with Crippen LogP contribution in [0.5, 0.6) is 0 Å². The molecule has 0 aliphatic heterocycles. The molecule has 0 aliphatic carbocycles. The molecule has 0 atom stereocenters. The number of ether oxygens (including phenoxy) is 1. The van der Waals surface area contributed by atoms with Gasteiger partial charge in [0, 0.05) is 38.3 Å². The number of nitrogens with zero attached hydrogens (tertiary/aromatic N) is 4. The lowest BCUT2D eigenvalue weighted by Crippen LogP contribution is -2.18. The van der Waals surface area contributed by atoms with Gasteiger partial charge in [-0.05, 0) is 0 Å². The number of aromatic nitrogens is 3. The summed E-state index contributed by atoms with van der Waals surface area (Å²) in [5.74, 6) is 0.778. The van der Waals surface area contributed by atoms with Crippen LogP contribution in [-0.4, -0.2) is 34.7 Å². The monoisotopic (exact) mass is 294 g/mol. The van der Waals surface area contributed by atoms with Gasteiger partial charge in [0.05, 0.1) is 25.8 Å². The fourth-order valence-electron chi connectivity index (χ4n) is 1.75. The molecule has 2 aromatic heterocycles. The van der Waals surface area contributed by atoms with Crippen molar-refractivity contribution in [1.29, 1.82) is 0 Å². The Balaban J connectivity index is 1.94. The predicted octanol–water partition coefficient (Wildman–Crippen LogP) is 1.62. The van der Waals surface area contributed by atoms with Crippen LogP contribution in [0.2, 0.25) is 0 Å². The van der Waals surface area contributed by atoms with E-state index >= 15 is 0 Å². The van der Waals surface area contributed by atoms with Crippen molar-refractivity contribution < 1.29 is 9.53 Å². The maximum Gasteiger partial charge on any atom is 0.305 e. The summed E-state index contributed by atoms with van der Waals surface area (Å²) in [7, 11) is 5.35. The zero-order valence-electron chi connectivity index (χ0n) is 11.9. The highest BCUT2D eigenvalue weighted by Gasteiger charge is 2.11. The molecule has 20 heavy (non-hydrogen) atoms. The largest absolute Gasteiger partial charge is 0.469 e. The van der Waals surface area contributed by atoms with E-state index in [1.807, 2.05) is 30.2 Å². The van der Waals surface area contributed by atoms with Crippen LogP contribution in [0, 0.1) is 0 Å². The van der Waals surface area contributed by atoms with Crippen molar-refractivity contribution in [3.8, 4) is 0 Å². The lowest BCUT2D eigenvalue weighted by Gasteiger charge is -2.15. The third-order valence-corrected chi connectivity index (χ3v) is 3.98. The molecule has 0 aliphatic rings. The second kappa shape index (κ2) is 6.51. The van der Waals surface area contributed by atoms with Gasteiger partial charge < -0.3 is 14.2 Å². The summed E-state index contributed by atoms with van der Waals surface area (Å²) in [5, 5.41) is 2.90. The van der Waals surface area contributed by atoms with Gasteiger partial charge >= 0.3 is 5.97 Å². The summed E-state index contributed by atoms with van der Waals surface area (Å²) in [6.07, 6.45) is 4.68. The van der Waals surface area contributed by atoms with E-state index in [2.05, 4.69) is 19.6 Å². The highest BCUT2D eigenvalue weighted by molar-refractivity contribution is 7.13. The molecule has 0 N–H and O–H groups in total. The Kier molecular flexibility index (Phi) is 4.73. The molecule has 2 aromatic rings. The number of rotatable bonds is 6. The van der Waals surface area contributed by atoms with E-state index in [4.69, 9.17) is 0 Å². The van der Waals surface area contributed by atoms with E-state index in [0.29, 0.717) is 19.4 Å². The van der Waals surface area contributed by atoms with Gasteiger partial charge in [0.25, 0.3) is 0 Å². The quantitative estimate of drug-likeness (QED) is 0.758. The molecule has 0 fully saturated rings. The number of hydrogen-bond acceptors (Lipinski definition) is 6. The van der Waals surface area contributed by atoms with E-state index in [-0.39, 0.29) is 5.97 Å². The molecule has 7 heteroatoms. The van der Waals surface area contributed by atoms with Gasteiger partial charge in [0.1, 0.15) is 5.82 Å². The third kappa shape index (κ3) is 3.57. The first-order valence-corrected chi connectivity index (χ1v) is 7.16. The van der Waals surface area contributed by atoms with Crippen molar-refractivity contribution in [2.45, 2.75) is 19.4 Å². The summed E-state index contributed by atoms with van der Waals surface area (Å²) in [5.41, 5.74) is 0.919. The van der Waals surface area contributed by atoms with E-state index in [9.17, 15) is 4.79 Å². The molecule has 0 amide bonds. The van der Waals surface area contributed by atoms with Gasteiger partial charge in [0.15, 0.2) is 5.13 Å². The third-order valence-electron chi connectivity index (χ3n) is 2.98. The number of imidazole rings is 1. The highest BCUT2D eigenvalue weighted by Crippen LogP contribution is 2.21. The van der Waals surface area contributed by atoms with Crippen LogP contribution in [0.3, 0.4) is 0 Å². The molecular weight excluding hydrogens is 276 g/mol. The Morgan fingerprint density at radius 2 is 2.35 bits per heavy atom. The zero-order chi connectivity index (χ0) is 14.5. The Morgan fingerprint density at radius 1 is 1.55 bits per heavy atom. The fourth-order valence-corrected chi connectivity index (χ4v) is 2.57. The van der Waals surface area contributed by atoms with Crippen LogP contribution in [0.4, 0.5) is 5.13 Å². The number of thiazole rings is 1. The molecule has 108 valence electrons. The SMILES string of the molecule is COC(=O)CCc1csc(N(C)Cc2nccn2C)n1. The van der Waals surface area contributed by atoms with Crippen LogP contribution < -0.4 is 4.90 Å². The van der Waals surface area contributed by atoms with E-state index in [0.717, 1.165) is 16.6 Å². The second-order valence-electron chi connectivity index (χ2n) is 4.51. The van der Waals surface area contributed by atoms with E-state index < -0.39 is 0 Å². The summed E-state index contributed by atoms with van der Waals surface area (Å²) in [4.78, 5) is 22.0. The van der Waals surface area contributed by atoms with Gasteiger partial charge in [-0.25, -0.2) is 9.97 Å². The van der Waals surface area contributed by atoms with Gasteiger partial charge in [0.2, 0.25) is 0 Å². The second-order valence-corrected chi connectivity index (χ2v) is 5.34. The minimum Gasteiger partial charge on any atom is -0.469 e. The van der Waals surface area contributed by atoms with Gasteiger partial charge in [-0.15, -0.1) is 11.3 Å². The molecular formula is C13H18N4O2S. The molecule has 0 aromatic carbocycles. The predicted molar refractivity (Wildman–Crippen MR) is 77.8 cm³/mol. The molecule has 6 nitrogen and oxygen atoms in total. The van der Waals surface area contributed by atoms with E-state index in [1.54, 1.807) is 17.5 Å². The molecule has 0 radical (unpaired) electrons. The van der Waals surface area contributed by atoms with Crippen LogP contribution in [-0.2, 0) is 29.5 Å². The number of esters is 1. The number of carbonyl (C=O) groups excluding carboxylic acids is 1. The smallest absolute Gasteiger partial charge is 0.305 e. The van der Waals surface area contributed by atoms with Gasteiger partial charge in [-0.3, -0.25) is 4.79 Å². The summed E-state index contributed by atoms with van der Waals surface area (Å²) < 4.78 is 6.61. The van der Waals surface area contributed by atoms with Crippen molar-refractivity contribution in [1.82, 2.24) is 14.5 Å². The standard InChI is InChI=1S/C13H18N4O2S/c1-16-7-6-14-11(16)8-17(2)13-15-10(9-20-13)4-5-12(18)19-3/h6-7,9H,4-5,8H2,1-3H3. The Labute approximate surface area is 122 Å². The number of aryl methyl sites for hydroxylation is 2. The first-order valence-electron chi connectivity index (χ1n) is 6.28. The average Bonchev–Trinajstić information content (AvgIpc) is 3.06. The molecule has 0 saturated carbocycles. The molecule has 2 heterocycles. The van der Waals surface area contributed by atoms with Crippen molar-refractivity contribution in [3.05, 3.63) is 29.3 Å². The topological polar surface area (TPSA) is 60.2 Å². The average molecular weight is 294 g/mol. The maximum atomic E-state index is 11.1. The highest BCUT2D eigenvalue weighted by atomic mass is 32.1. The van der Waals surface area contributed by atoms with Gasteiger partial charge in [-0.1, -0.05) is 0 Å². The van der Waals surface area contributed by atoms with E-state index in [1.165, 1.54) is 7.11 Å². The van der Waals surface area contributed by atoms with Crippen LogP contribution in [0.1, 0.15) is 17.9 Å². The maximum absolute atomic E-state index is 11.1. The number of hydrogen-bond donors (Lipinski definition) is 0. The summed E-state index contributed by atoms with van der Waals surface area (Å²) >= 11 is 1.57. The minimum atomic E-state index is -0.207. The molecule has 0 unspecified atom stereocenters. The van der Waals surface area contributed by atoms with Crippen LogP contribution >= 0.6 is 11.3 Å². The normalized spacial score (nSPS) is 10.6. The van der Waals surface area contributed by atoms with Crippen molar-refractivity contribution in [2.24, 2.45) is 7.05 Å². The summed E-state index contributed by atoms with van der Waals surface area (Å²) in [6.45, 7) is 0.702. The molecule has 0 saturated heterocycles. The molecule has 0 bridgehead atoms. The number of anilines is 1. The minimum absolute atomic E-state index is 0.207. The summed E-state index contributed by atoms with van der Waals surface area (Å²) in [6, 6.07) is 0. The number of carbonyl (C=O) groups is 1. The fraction of sp³-hybridized carbons (Fsp3) is 0.462. The number of methoxy groups -OCH3 is 1. The van der Waals surface area contributed by atoms with Crippen LogP contribution in [0.15, 0.2) is 17.8 Å². The zero-order valence-corrected chi connectivity index (χ0v) is 12.7. The first kappa shape index (κ1) is 14.5. The van der Waals surface area contributed by atoms with Gasteiger partial charge in [-0.2, -0.15) is 0 Å². The van der Waals surface area contributed by atoms with Crippen LogP contribution in [0.25, 0.3) is 0 Å². The Bertz CT molecular complexity index is 578. The Morgan fingerprint density at radius 3 is 3.00 bits per heavy atom. The lowest BCUT2D eigenvalue weighted by atomic mass is 10.2. The molecule has 2 rings (SSSR count). The van der Waals surface area contributed by atoms with Crippen molar-refractivity contribution >= 4 is 22.4 Å². The first-order chi connectivity index (χ1) is 9.60. The van der Waals surface area contributed by atoms with Crippen molar-refractivity contribution in [3.63, 3.8) is 0 Å².